The van der Waals surface area contributed by atoms with Gasteiger partial charge in [0.05, 0.1) is 6.61 Å². The van der Waals surface area contributed by atoms with Gasteiger partial charge in [0.25, 0.3) is 0 Å². The molecule has 1 atom stereocenters. The minimum Gasteiger partial charge on any atom is -0.493 e. The van der Waals surface area contributed by atoms with Gasteiger partial charge in [0, 0.05) is 6.04 Å². The molecule has 0 aliphatic heterocycles. The van der Waals surface area contributed by atoms with E-state index >= 15 is 0 Å². The van der Waals surface area contributed by atoms with Crippen LogP contribution in [0.15, 0.2) is 24.3 Å². The largest absolute Gasteiger partial charge is 0.493 e. The number of nitrogens with one attached hydrogen (secondary N) is 1. The van der Waals surface area contributed by atoms with E-state index in [0.29, 0.717) is 17.9 Å². The molecule has 0 fully saturated rings. The minimum atomic E-state index is 0.395. The molecule has 0 radical (unpaired) electrons. The Labute approximate surface area is 112 Å². The lowest BCUT2D eigenvalue weighted by atomic mass is 10.1. The van der Waals surface area contributed by atoms with Crippen molar-refractivity contribution in [2.45, 2.75) is 40.7 Å². The monoisotopic (exact) mass is 249 g/mol. The van der Waals surface area contributed by atoms with Gasteiger partial charge in [-0.05, 0) is 43.0 Å². The van der Waals surface area contributed by atoms with E-state index in [-0.39, 0.29) is 0 Å². The van der Waals surface area contributed by atoms with E-state index in [1.165, 1.54) is 5.56 Å². The molecule has 0 bridgehead atoms. The standard InChI is InChI=1S/C16H27NO/c1-12(2)10-17-14(5)15-6-8-16(9-7-15)18-11-13(3)4/h6-9,12-14,17H,10-11H2,1-5H3/t14-/m0/s1. The van der Waals surface area contributed by atoms with Crippen molar-refractivity contribution in [1.29, 1.82) is 0 Å². The number of benzene rings is 1. The normalized spacial score (nSPS) is 13.1. The van der Waals surface area contributed by atoms with Gasteiger partial charge in [-0.1, -0.05) is 39.8 Å². The molecule has 18 heavy (non-hydrogen) atoms. The van der Waals surface area contributed by atoms with Crippen molar-refractivity contribution < 1.29 is 4.74 Å². The third kappa shape index (κ3) is 5.54. The molecule has 1 aromatic rings. The summed E-state index contributed by atoms with van der Waals surface area (Å²) in [6, 6.07) is 8.81. The lowest BCUT2D eigenvalue weighted by Gasteiger charge is -2.16. The minimum absolute atomic E-state index is 0.395. The van der Waals surface area contributed by atoms with Crippen LogP contribution in [0.4, 0.5) is 0 Å². The Morgan fingerprint density at radius 3 is 2.06 bits per heavy atom. The first-order valence-corrected chi connectivity index (χ1v) is 6.95. The predicted molar refractivity (Wildman–Crippen MR) is 78.0 cm³/mol. The average molecular weight is 249 g/mol. The second-order valence-electron chi connectivity index (χ2n) is 5.80. The molecule has 2 heteroatoms. The predicted octanol–water partition coefficient (Wildman–Crippen LogP) is 4.03. The summed E-state index contributed by atoms with van der Waals surface area (Å²) in [6.45, 7) is 12.8. The Kier molecular flexibility index (Phi) is 6.20. The van der Waals surface area contributed by atoms with Crippen LogP contribution in [-0.4, -0.2) is 13.2 Å². The van der Waals surface area contributed by atoms with E-state index in [1.807, 2.05) is 0 Å². The van der Waals surface area contributed by atoms with Gasteiger partial charge in [0.15, 0.2) is 0 Å². The molecule has 0 aliphatic rings. The van der Waals surface area contributed by atoms with Gasteiger partial charge in [-0.3, -0.25) is 0 Å². The molecule has 0 spiro atoms. The fraction of sp³-hybridized carbons (Fsp3) is 0.625. The molecule has 2 nitrogen and oxygen atoms in total. The molecule has 1 rings (SSSR count). The smallest absolute Gasteiger partial charge is 0.119 e. The van der Waals surface area contributed by atoms with Gasteiger partial charge in [-0.15, -0.1) is 0 Å². The molecule has 1 aromatic carbocycles. The van der Waals surface area contributed by atoms with Gasteiger partial charge in [0.1, 0.15) is 5.75 Å². The van der Waals surface area contributed by atoms with Crippen LogP contribution < -0.4 is 10.1 Å². The highest BCUT2D eigenvalue weighted by molar-refractivity contribution is 5.28. The molecule has 0 saturated carbocycles. The van der Waals surface area contributed by atoms with E-state index in [2.05, 4.69) is 64.2 Å². The summed E-state index contributed by atoms with van der Waals surface area (Å²) >= 11 is 0. The zero-order valence-electron chi connectivity index (χ0n) is 12.4. The van der Waals surface area contributed by atoms with Crippen LogP contribution >= 0.6 is 0 Å². The van der Waals surface area contributed by atoms with E-state index < -0.39 is 0 Å². The Hall–Kier alpha value is -1.02. The van der Waals surface area contributed by atoms with Crippen molar-refractivity contribution in [3.63, 3.8) is 0 Å². The fourth-order valence-corrected chi connectivity index (χ4v) is 1.65. The maximum absolute atomic E-state index is 5.68. The average Bonchev–Trinajstić information content (AvgIpc) is 2.34. The van der Waals surface area contributed by atoms with Crippen molar-refractivity contribution in [3.05, 3.63) is 29.8 Å². The molecule has 0 saturated heterocycles. The topological polar surface area (TPSA) is 21.3 Å². The first kappa shape index (κ1) is 15.0. The van der Waals surface area contributed by atoms with Crippen LogP contribution in [0, 0.1) is 11.8 Å². The quantitative estimate of drug-likeness (QED) is 0.788. The maximum Gasteiger partial charge on any atom is 0.119 e. The van der Waals surface area contributed by atoms with Crippen LogP contribution in [0.25, 0.3) is 0 Å². The van der Waals surface area contributed by atoms with E-state index in [1.54, 1.807) is 0 Å². The Morgan fingerprint density at radius 2 is 1.56 bits per heavy atom. The maximum atomic E-state index is 5.68. The SMILES string of the molecule is CC(C)CN[C@@H](C)c1ccc(OCC(C)C)cc1. The van der Waals surface area contributed by atoms with Gasteiger partial charge < -0.3 is 10.1 Å². The van der Waals surface area contributed by atoms with E-state index in [0.717, 1.165) is 18.9 Å². The third-order valence-electron chi connectivity index (χ3n) is 2.80. The number of hydrogen-bond acceptors (Lipinski definition) is 2. The highest BCUT2D eigenvalue weighted by Crippen LogP contribution is 2.18. The van der Waals surface area contributed by atoms with Crippen LogP contribution in [0.5, 0.6) is 5.75 Å². The lowest BCUT2D eigenvalue weighted by molar-refractivity contribution is 0.271. The fourth-order valence-electron chi connectivity index (χ4n) is 1.65. The molecule has 0 heterocycles. The summed E-state index contributed by atoms with van der Waals surface area (Å²) in [6.07, 6.45) is 0. The van der Waals surface area contributed by atoms with Crippen LogP contribution in [0.1, 0.15) is 46.2 Å². The molecule has 0 aromatic heterocycles. The van der Waals surface area contributed by atoms with Gasteiger partial charge in [-0.2, -0.15) is 0 Å². The molecule has 0 aliphatic carbocycles. The van der Waals surface area contributed by atoms with Crippen molar-refractivity contribution in [1.82, 2.24) is 5.32 Å². The molecular formula is C16H27NO. The van der Waals surface area contributed by atoms with Crippen LogP contribution in [0.2, 0.25) is 0 Å². The molecule has 102 valence electrons. The van der Waals surface area contributed by atoms with E-state index in [4.69, 9.17) is 4.74 Å². The number of rotatable bonds is 7. The highest BCUT2D eigenvalue weighted by atomic mass is 16.5. The molecule has 0 unspecified atom stereocenters. The van der Waals surface area contributed by atoms with Gasteiger partial charge in [0.2, 0.25) is 0 Å². The van der Waals surface area contributed by atoms with Gasteiger partial charge in [-0.25, -0.2) is 0 Å². The van der Waals surface area contributed by atoms with Crippen LogP contribution in [-0.2, 0) is 0 Å². The summed E-state index contributed by atoms with van der Waals surface area (Å²) in [7, 11) is 0. The van der Waals surface area contributed by atoms with Crippen LogP contribution in [0.3, 0.4) is 0 Å². The summed E-state index contributed by atoms with van der Waals surface area (Å²) in [5.41, 5.74) is 1.31. The summed E-state index contributed by atoms with van der Waals surface area (Å²) in [5.74, 6) is 2.21. The first-order valence-electron chi connectivity index (χ1n) is 6.95. The molecule has 1 N–H and O–H groups in total. The van der Waals surface area contributed by atoms with E-state index in [9.17, 15) is 0 Å². The van der Waals surface area contributed by atoms with Crippen molar-refractivity contribution >= 4 is 0 Å². The number of ether oxygens (including phenoxy) is 1. The molecule has 0 amide bonds. The second kappa shape index (κ2) is 7.42. The van der Waals surface area contributed by atoms with Crippen molar-refractivity contribution in [2.24, 2.45) is 11.8 Å². The second-order valence-corrected chi connectivity index (χ2v) is 5.80. The van der Waals surface area contributed by atoms with Crippen molar-refractivity contribution in [3.8, 4) is 5.75 Å². The third-order valence-corrected chi connectivity index (χ3v) is 2.80. The first-order chi connectivity index (χ1) is 8.49. The zero-order valence-corrected chi connectivity index (χ0v) is 12.4. The molecular weight excluding hydrogens is 222 g/mol. The van der Waals surface area contributed by atoms with Crippen molar-refractivity contribution in [2.75, 3.05) is 13.2 Å². The summed E-state index contributed by atoms with van der Waals surface area (Å²) in [4.78, 5) is 0. The summed E-state index contributed by atoms with van der Waals surface area (Å²) < 4.78 is 5.68. The Morgan fingerprint density at radius 1 is 0.944 bits per heavy atom. The zero-order chi connectivity index (χ0) is 13.5. The Balaban J connectivity index is 2.48. The highest BCUT2D eigenvalue weighted by Gasteiger charge is 2.05. The Bertz CT molecular complexity index is 329. The van der Waals surface area contributed by atoms with Gasteiger partial charge >= 0.3 is 0 Å². The summed E-state index contributed by atoms with van der Waals surface area (Å²) in [5, 5.41) is 3.53. The number of hydrogen-bond donors (Lipinski definition) is 1. The lowest BCUT2D eigenvalue weighted by Crippen LogP contribution is -2.23.